The van der Waals surface area contributed by atoms with Crippen LogP contribution in [0.1, 0.15) is 5.56 Å². The van der Waals surface area contributed by atoms with Crippen molar-refractivity contribution >= 4 is 28.1 Å². The van der Waals surface area contributed by atoms with Crippen molar-refractivity contribution in [2.24, 2.45) is 0 Å². The zero-order valence-electron chi connectivity index (χ0n) is 15.4. The van der Waals surface area contributed by atoms with Crippen molar-refractivity contribution < 1.29 is 4.42 Å². The molecule has 0 bridgehead atoms. The zero-order valence-corrected chi connectivity index (χ0v) is 16.2. The lowest BCUT2D eigenvalue weighted by atomic mass is 10.1. The molecule has 0 amide bonds. The second-order valence-corrected chi connectivity index (χ2v) is 8.06. The molecule has 0 unspecified atom stereocenters. The summed E-state index contributed by atoms with van der Waals surface area (Å²) in [5.41, 5.74) is 5.05. The van der Waals surface area contributed by atoms with Crippen LogP contribution in [0.2, 0.25) is 0 Å². The quantitative estimate of drug-likeness (QED) is 0.567. The van der Waals surface area contributed by atoms with Gasteiger partial charge in [-0.05, 0) is 40.8 Å². The number of H-pyrrole nitrogens is 1. The summed E-state index contributed by atoms with van der Waals surface area (Å²) in [6, 6.07) is 19.0. The number of thiophene rings is 1. The number of para-hydroxylation sites is 1. The Morgan fingerprint density at radius 3 is 2.68 bits per heavy atom. The highest BCUT2D eigenvalue weighted by molar-refractivity contribution is 7.13. The van der Waals surface area contributed by atoms with Crippen LogP contribution < -0.4 is 10.7 Å². The standard InChI is InChI=1S/C22H21N3O2S/c26-22-23-18-6-2-7-19(21(18)27-22)25-11-9-24(10-12-25)15-16-4-1-5-17(14-16)20-8-3-13-28-20/h1-8,13-14H,9-12,15H2,(H,23,26). The van der Waals surface area contributed by atoms with Crippen LogP contribution in [-0.4, -0.2) is 36.1 Å². The summed E-state index contributed by atoms with van der Waals surface area (Å²) < 4.78 is 5.36. The number of oxazole rings is 1. The van der Waals surface area contributed by atoms with E-state index >= 15 is 0 Å². The summed E-state index contributed by atoms with van der Waals surface area (Å²) >= 11 is 1.78. The van der Waals surface area contributed by atoms with Crippen LogP contribution in [0.15, 0.2) is 69.2 Å². The first-order valence-corrected chi connectivity index (χ1v) is 10.4. The van der Waals surface area contributed by atoms with Gasteiger partial charge in [-0.25, -0.2) is 4.79 Å². The van der Waals surface area contributed by atoms with Gasteiger partial charge in [0.1, 0.15) is 0 Å². The maximum atomic E-state index is 11.5. The molecule has 1 saturated heterocycles. The van der Waals surface area contributed by atoms with E-state index in [2.05, 4.69) is 56.6 Å². The summed E-state index contributed by atoms with van der Waals surface area (Å²) in [5.74, 6) is -0.397. The SMILES string of the molecule is O=c1[nH]c2cccc(N3CCN(Cc4cccc(-c5cccs5)c4)CC3)c2o1. The Morgan fingerprint density at radius 2 is 1.86 bits per heavy atom. The van der Waals surface area contributed by atoms with E-state index in [9.17, 15) is 4.79 Å². The third-order valence-electron chi connectivity index (χ3n) is 5.28. The molecular formula is C22H21N3O2S. The molecule has 4 aromatic rings. The molecule has 28 heavy (non-hydrogen) atoms. The van der Waals surface area contributed by atoms with Crippen molar-refractivity contribution in [1.82, 2.24) is 9.88 Å². The highest BCUT2D eigenvalue weighted by Crippen LogP contribution is 2.27. The lowest BCUT2D eigenvalue weighted by Crippen LogP contribution is -2.46. The van der Waals surface area contributed by atoms with Gasteiger partial charge < -0.3 is 9.32 Å². The van der Waals surface area contributed by atoms with Gasteiger partial charge in [-0.1, -0.05) is 30.3 Å². The lowest BCUT2D eigenvalue weighted by Gasteiger charge is -2.36. The Balaban J connectivity index is 1.27. The van der Waals surface area contributed by atoms with Crippen LogP contribution in [0.5, 0.6) is 0 Å². The second-order valence-electron chi connectivity index (χ2n) is 7.11. The summed E-state index contributed by atoms with van der Waals surface area (Å²) in [6.45, 7) is 4.75. The molecule has 0 radical (unpaired) electrons. The van der Waals surface area contributed by atoms with Gasteiger partial charge >= 0.3 is 5.76 Å². The maximum Gasteiger partial charge on any atom is 0.417 e. The van der Waals surface area contributed by atoms with Gasteiger partial charge in [-0.15, -0.1) is 11.3 Å². The Labute approximate surface area is 166 Å². The molecule has 0 atom stereocenters. The molecule has 5 rings (SSSR count). The maximum absolute atomic E-state index is 11.5. The third-order valence-corrected chi connectivity index (χ3v) is 6.20. The number of nitrogens with one attached hydrogen (secondary N) is 1. The first-order valence-electron chi connectivity index (χ1n) is 9.48. The van der Waals surface area contributed by atoms with Crippen LogP contribution in [0.4, 0.5) is 5.69 Å². The molecule has 0 spiro atoms. The number of hydrogen-bond acceptors (Lipinski definition) is 5. The topological polar surface area (TPSA) is 52.5 Å². The van der Waals surface area contributed by atoms with Gasteiger partial charge in [0.25, 0.3) is 0 Å². The molecule has 1 aliphatic heterocycles. The highest BCUT2D eigenvalue weighted by Gasteiger charge is 2.20. The number of piperazine rings is 1. The van der Waals surface area contributed by atoms with Gasteiger partial charge in [-0.2, -0.15) is 0 Å². The van der Waals surface area contributed by atoms with E-state index in [4.69, 9.17) is 4.42 Å². The van der Waals surface area contributed by atoms with Crippen LogP contribution >= 0.6 is 11.3 Å². The molecule has 0 saturated carbocycles. The van der Waals surface area contributed by atoms with Gasteiger partial charge in [0.15, 0.2) is 5.58 Å². The minimum absolute atomic E-state index is 0.397. The fourth-order valence-electron chi connectivity index (χ4n) is 3.88. The molecule has 2 aromatic heterocycles. The van der Waals surface area contributed by atoms with E-state index < -0.39 is 5.76 Å². The van der Waals surface area contributed by atoms with Crippen molar-refractivity contribution in [3.05, 3.63) is 76.1 Å². The Bertz CT molecular complexity index is 1140. The number of rotatable bonds is 4. The fourth-order valence-corrected chi connectivity index (χ4v) is 4.60. The van der Waals surface area contributed by atoms with Crippen LogP contribution in [0, 0.1) is 0 Å². The predicted octanol–water partition coefficient (Wildman–Crippen LogP) is 4.17. The van der Waals surface area contributed by atoms with Gasteiger partial charge in [0.05, 0.1) is 11.2 Å². The first-order chi connectivity index (χ1) is 13.8. The smallest absolute Gasteiger partial charge is 0.406 e. The monoisotopic (exact) mass is 391 g/mol. The average Bonchev–Trinajstić information content (AvgIpc) is 3.37. The number of hydrogen-bond donors (Lipinski definition) is 1. The Kier molecular flexibility index (Phi) is 4.50. The molecule has 1 fully saturated rings. The van der Waals surface area contributed by atoms with Crippen LogP contribution in [0.3, 0.4) is 0 Å². The number of benzene rings is 2. The number of anilines is 1. The van der Waals surface area contributed by atoms with Crippen molar-refractivity contribution in [3.63, 3.8) is 0 Å². The summed E-state index contributed by atoms with van der Waals surface area (Å²) in [5, 5.41) is 2.12. The predicted molar refractivity (Wildman–Crippen MR) is 114 cm³/mol. The summed E-state index contributed by atoms with van der Waals surface area (Å²) in [6.07, 6.45) is 0. The Hall–Kier alpha value is -2.83. The van der Waals surface area contributed by atoms with Crippen LogP contribution in [0.25, 0.3) is 21.5 Å². The van der Waals surface area contributed by atoms with Gasteiger partial charge in [0, 0.05) is 37.6 Å². The number of nitrogens with zero attached hydrogens (tertiary/aromatic N) is 2. The molecule has 3 heterocycles. The normalized spacial score (nSPS) is 15.4. The number of aromatic nitrogens is 1. The molecule has 5 nitrogen and oxygen atoms in total. The van der Waals surface area contributed by atoms with Gasteiger partial charge in [0.2, 0.25) is 0 Å². The summed E-state index contributed by atoms with van der Waals surface area (Å²) in [4.78, 5) is 20.4. The van der Waals surface area contributed by atoms with E-state index in [-0.39, 0.29) is 0 Å². The fraction of sp³-hybridized carbons (Fsp3) is 0.227. The zero-order chi connectivity index (χ0) is 18.9. The van der Waals surface area contributed by atoms with E-state index in [0.717, 1.165) is 43.9 Å². The highest BCUT2D eigenvalue weighted by atomic mass is 32.1. The molecule has 142 valence electrons. The van der Waals surface area contributed by atoms with Crippen molar-refractivity contribution in [2.75, 3.05) is 31.1 Å². The number of fused-ring (bicyclic) bond motifs is 1. The van der Waals surface area contributed by atoms with E-state index in [1.54, 1.807) is 11.3 Å². The average molecular weight is 391 g/mol. The minimum atomic E-state index is -0.397. The molecule has 2 aromatic carbocycles. The molecular weight excluding hydrogens is 370 g/mol. The van der Waals surface area contributed by atoms with E-state index in [0.29, 0.717) is 5.58 Å². The van der Waals surface area contributed by atoms with Gasteiger partial charge in [-0.3, -0.25) is 9.88 Å². The molecule has 0 aliphatic carbocycles. The van der Waals surface area contributed by atoms with Crippen molar-refractivity contribution in [2.45, 2.75) is 6.54 Å². The van der Waals surface area contributed by atoms with Crippen molar-refractivity contribution in [3.8, 4) is 10.4 Å². The molecule has 6 heteroatoms. The second kappa shape index (κ2) is 7.30. The largest absolute Gasteiger partial charge is 0.417 e. The van der Waals surface area contributed by atoms with E-state index in [1.807, 2.05) is 18.2 Å². The molecule has 1 aliphatic rings. The lowest BCUT2D eigenvalue weighted by molar-refractivity contribution is 0.250. The first kappa shape index (κ1) is 17.3. The van der Waals surface area contributed by atoms with E-state index in [1.165, 1.54) is 16.0 Å². The third kappa shape index (κ3) is 3.37. The van der Waals surface area contributed by atoms with Crippen LogP contribution in [-0.2, 0) is 6.54 Å². The Morgan fingerprint density at radius 1 is 1.00 bits per heavy atom. The van der Waals surface area contributed by atoms with Crippen molar-refractivity contribution in [1.29, 1.82) is 0 Å². The molecule has 1 N–H and O–H groups in total. The minimum Gasteiger partial charge on any atom is -0.406 e. The number of aromatic amines is 1. The summed E-state index contributed by atoms with van der Waals surface area (Å²) in [7, 11) is 0.